The maximum absolute atomic E-state index is 12.8. The number of hydrogen-bond acceptors (Lipinski definition) is 3. The summed E-state index contributed by atoms with van der Waals surface area (Å²) < 4.78 is 1.69. The van der Waals surface area contributed by atoms with E-state index in [4.69, 9.17) is 0 Å². The molecule has 0 saturated carbocycles. The first kappa shape index (κ1) is 17.9. The lowest BCUT2D eigenvalue weighted by Crippen LogP contribution is -2.38. The van der Waals surface area contributed by atoms with Crippen molar-refractivity contribution in [3.8, 4) is 0 Å². The van der Waals surface area contributed by atoms with Crippen LogP contribution in [0.2, 0.25) is 0 Å². The number of hydrogen-bond donors (Lipinski definition) is 1. The monoisotopic (exact) mass is 348 g/mol. The summed E-state index contributed by atoms with van der Waals surface area (Å²) in [5.74, 6) is -0.0481. The highest BCUT2D eigenvalue weighted by Crippen LogP contribution is 2.17. The molecule has 3 rings (SSSR count). The van der Waals surface area contributed by atoms with Gasteiger partial charge in [0.2, 0.25) is 5.91 Å². The number of likely N-dealkylation sites (N-methyl/N-ethyl adjacent to an activating group) is 1. The maximum Gasteiger partial charge on any atom is 0.249 e. The minimum atomic E-state index is -0.453. The average Bonchev–Trinajstić information content (AvgIpc) is 3.18. The third kappa shape index (κ3) is 4.80. The van der Waals surface area contributed by atoms with E-state index in [9.17, 15) is 4.79 Å². The molecule has 0 aliphatic carbocycles. The van der Waals surface area contributed by atoms with Crippen molar-refractivity contribution in [1.29, 1.82) is 0 Å². The first-order valence-corrected chi connectivity index (χ1v) is 8.78. The number of rotatable bonds is 8. The molecule has 5 nitrogen and oxygen atoms in total. The molecular formula is C21H24N4O. The molecule has 2 aromatic carbocycles. The molecule has 0 radical (unpaired) electrons. The predicted molar refractivity (Wildman–Crippen MR) is 103 cm³/mol. The van der Waals surface area contributed by atoms with Crippen LogP contribution in [0.5, 0.6) is 0 Å². The molecule has 0 saturated heterocycles. The van der Waals surface area contributed by atoms with Gasteiger partial charge in [0.15, 0.2) is 6.04 Å². The number of carbonyl (C=O) groups is 1. The Bertz CT molecular complexity index is 787. The van der Waals surface area contributed by atoms with E-state index in [0.29, 0.717) is 6.54 Å². The zero-order chi connectivity index (χ0) is 18.2. The number of carbonyl (C=O) groups excluding carboxylic acids is 1. The van der Waals surface area contributed by atoms with Crippen LogP contribution in [0.3, 0.4) is 0 Å². The van der Waals surface area contributed by atoms with Crippen LogP contribution in [-0.4, -0.2) is 40.7 Å². The Morgan fingerprint density at radius 2 is 1.77 bits per heavy atom. The molecule has 1 atom stereocenters. The number of benzene rings is 2. The largest absolute Gasteiger partial charge is 0.353 e. The van der Waals surface area contributed by atoms with Gasteiger partial charge in [-0.2, -0.15) is 5.10 Å². The SMILES string of the molecule is CN(CCNC(=O)C(c1ccccc1)n1cccn1)Cc1ccccc1. The summed E-state index contributed by atoms with van der Waals surface area (Å²) in [4.78, 5) is 15.0. The summed E-state index contributed by atoms with van der Waals surface area (Å²) >= 11 is 0. The smallest absolute Gasteiger partial charge is 0.249 e. The van der Waals surface area contributed by atoms with Crippen molar-refractivity contribution in [3.63, 3.8) is 0 Å². The van der Waals surface area contributed by atoms with Gasteiger partial charge in [-0.3, -0.25) is 9.48 Å². The highest BCUT2D eigenvalue weighted by Gasteiger charge is 2.22. The van der Waals surface area contributed by atoms with Gasteiger partial charge in [0.05, 0.1) is 0 Å². The zero-order valence-electron chi connectivity index (χ0n) is 15.0. The van der Waals surface area contributed by atoms with Gasteiger partial charge in [0, 0.05) is 32.0 Å². The molecule has 0 aliphatic rings. The number of nitrogens with one attached hydrogen (secondary N) is 1. The van der Waals surface area contributed by atoms with Crippen molar-refractivity contribution in [2.24, 2.45) is 0 Å². The van der Waals surface area contributed by atoms with E-state index in [-0.39, 0.29) is 5.91 Å². The van der Waals surface area contributed by atoms with Crippen LogP contribution in [0.25, 0.3) is 0 Å². The zero-order valence-corrected chi connectivity index (χ0v) is 15.0. The van der Waals surface area contributed by atoms with Gasteiger partial charge in [-0.25, -0.2) is 0 Å². The molecule has 1 amide bonds. The topological polar surface area (TPSA) is 50.2 Å². The van der Waals surface area contributed by atoms with Gasteiger partial charge in [0.25, 0.3) is 0 Å². The van der Waals surface area contributed by atoms with Gasteiger partial charge in [0.1, 0.15) is 0 Å². The van der Waals surface area contributed by atoms with Crippen LogP contribution in [-0.2, 0) is 11.3 Å². The van der Waals surface area contributed by atoms with Gasteiger partial charge >= 0.3 is 0 Å². The van der Waals surface area contributed by atoms with E-state index in [1.54, 1.807) is 10.9 Å². The predicted octanol–water partition coefficient (Wildman–Crippen LogP) is 2.72. The molecule has 0 fully saturated rings. The lowest BCUT2D eigenvalue weighted by molar-refractivity contribution is -0.123. The van der Waals surface area contributed by atoms with Crippen LogP contribution < -0.4 is 5.32 Å². The van der Waals surface area contributed by atoms with E-state index in [1.165, 1.54) is 5.56 Å². The summed E-state index contributed by atoms with van der Waals surface area (Å²) in [6.07, 6.45) is 3.51. The summed E-state index contributed by atoms with van der Waals surface area (Å²) in [7, 11) is 2.06. The fraction of sp³-hybridized carbons (Fsp3) is 0.238. The number of amides is 1. The van der Waals surface area contributed by atoms with Crippen molar-refractivity contribution in [1.82, 2.24) is 20.0 Å². The average molecular weight is 348 g/mol. The maximum atomic E-state index is 12.8. The molecule has 0 aliphatic heterocycles. The first-order valence-electron chi connectivity index (χ1n) is 8.78. The van der Waals surface area contributed by atoms with Crippen LogP contribution in [0.1, 0.15) is 17.2 Å². The van der Waals surface area contributed by atoms with Gasteiger partial charge in [-0.1, -0.05) is 60.7 Å². The second kappa shape index (κ2) is 8.97. The first-order chi connectivity index (χ1) is 12.7. The Balaban J connectivity index is 1.57. The molecule has 0 spiro atoms. The molecule has 1 unspecified atom stereocenters. The van der Waals surface area contributed by atoms with Crippen LogP contribution in [0.15, 0.2) is 79.1 Å². The summed E-state index contributed by atoms with van der Waals surface area (Å²) in [5, 5.41) is 7.30. The summed E-state index contributed by atoms with van der Waals surface area (Å²) in [5.41, 5.74) is 2.19. The second-order valence-electron chi connectivity index (χ2n) is 6.31. The number of aromatic nitrogens is 2. The van der Waals surface area contributed by atoms with Crippen molar-refractivity contribution in [2.45, 2.75) is 12.6 Å². The fourth-order valence-corrected chi connectivity index (χ4v) is 2.93. The Morgan fingerprint density at radius 1 is 1.08 bits per heavy atom. The molecule has 0 bridgehead atoms. The minimum absolute atomic E-state index is 0.0481. The number of nitrogens with zero attached hydrogens (tertiary/aromatic N) is 3. The van der Waals surface area contributed by atoms with Crippen molar-refractivity contribution in [2.75, 3.05) is 20.1 Å². The van der Waals surface area contributed by atoms with Crippen LogP contribution >= 0.6 is 0 Å². The van der Waals surface area contributed by atoms with Crippen molar-refractivity contribution in [3.05, 3.63) is 90.3 Å². The normalized spacial score (nSPS) is 12.1. The van der Waals surface area contributed by atoms with E-state index in [2.05, 4.69) is 34.5 Å². The Kier molecular flexibility index (Phi) is 6.17. The van der Waals surface area contributed by atoms with E-state index < -0.39 is 6.04 Å². The van der Waals surface area contributed by atoms with Crippen molar-refractivity contribution < 1.29 is 4.79 Å². The van der Waals surface area contributed by atoms with Crippen LogP contribution in [0.4, 0.5) is 0 Å². The molecule has 3 aromatic rings. The highest BCUT2D eigenvalue weighted by molar-refractivity contribution is 5.83. The van der Waals surface area contributed by atoms with Gasteiger partial charge < -0.3 is 10.2 Å². The molecule has 134 valence electrons. The molecular weight excluding hydrogens is 324 g/mol. The Labute approximate surface area is 154 Å². The van der Waals surface area contributed by atoms with E-state index in [0.717, 1.165) is 18.7 Å². The Hall–Kier alpha value is -2.92. The molecule has 1 heterocycles. The summed E-state index contributed by atoms with van der Waals surface area (Å²) in [6.45, 7) is 2.23. The molecule has 1 aromatic heterocycles. The van der Waals surface area contributed by atoms with E-state index >= 15 is 0 Å². The molecule has 26 heavy (non-hydrogen) atoms. The molecule has 5 heteroatoms. The van der Waals surface area contributed by atoms with Gasteiger partial charge in [-0.05, 0) is 24.2 Å². The fourth-order valence-electron chi connectivity index (χ4n) is 2.93. The van der Waals surface area contributed by atoms with Crippen LogP contribution in [0, 0.1) is 0 Å². The lowest BCUT2D eigenvalue weighted by atomic mass is 10.1. The second-order valence-corrected chi connectivity index (χ2v) is 6.31. The standard InChI is InChI=1S/C21H24N4O/c1-24(17-18-9-4-2-5-10-18)16-14-22-21(26)20(25-15-8-13-23-25)19-11-6-3-7-12-19/h2-13,15,20H,14,16-17H2,1H3,(H,22,26). The van der Waals surface area contributed by atoms with Crippen molar-refractivity contribution >= 4 is 5.91 Å². The molecule has 1 N–H and O–H groups in total. The summed E-state index contributed by atoms with van der Waals surface area (Å²) in [6, 6.07) is 21.4. The lowest BCUT2D eigenvalue weighted by Gasteiger charge is -2.20. The third-order valence-corrected chi connectivity index (χ3v) is 4.24. The highest BCUT2D eigenvalue weighted by atomic mass is 16.2. The quantitative estimate of drug-likeness (QED) is 0.681. The van der Waals surface area contributed by atoms with Gasteiger partial charge in [-0.15, -0.1) is 0 Å². The van der Waals surface area contributed by atoms with E-state index in [1.807, 2.05) is 60.8 Å². The Morgan fingerprint density at radius 3 is 2.42 bits per heavy atom. The minimum Gasteiger partial charge on any atom is -0.353 e. The third-order valence-electron chi connectivity index (χ3n) is 4.24.